The number of hydrogen-bond acceptors (Lipinski definition) is 3. The van der Waals surface area contributed by atoms with Crippen LogP contribution in [0.5, 0.6) is 0 Å². The van der Waals surface area contributed by atoms with Gasteiger partial charge in [-0.2, -0.15) is 0 Å². The number of carbonyl (C=O) groups is 2. The monoisotopic (exact) mass is 235 g/mol. The van der Waals surface area contributed by atoms with Crippen LogP contribution in [0.25, 0.3) is 0 Å². The Labute approximate surface area is 101 Å². The molecular weight excluding hydrogens is 218 g/mol. The molecule has 0 N–H and O–H groups in total. The van der Waals surface area contributed by atoms with Crippen LogP contribution in [0.4, 0.5) is 0 Å². The molecule has 0 bridgehead atoms. The van der Waals surface area contributed by atoms with E-state index < -0.39 is 0 Å². The molecular formula is C13H17NO3. The van der Waals surface area contributed by atoms with Gasteiger partial charge in [0.05, 0.1) is 12.7 Å². The molecule has 1 saturated heterocycles. The minimum atomic E-state index is -0.333. The van der Waals surface area contributed by atoms with Crippen LogP contribution in [0.15, 0.2) is 23.5 Å². The number of nitrogens with zero attached hydrogens (tertiary/aromatic N) is 1. The SMILES string of the molecule is CO/C(C)=C1/C(=O)N(C)C[C@]12C=CC(=O)CC2. The van der Waals surface area contributed by atoms with Crippen molar-refractivity contribution in [3.05, 3.63) is 23.5 Å². The molecule has 1 fully saturated rings. The summed E-state index contributed by atoms with van der Waals surface area (Å²) in [5.41, 5.74) is 0.367. The lowest BCUT2D eigenvalue weighted by atomic mass is 9.74. The van der Waals surface area contributed by atoms with E-state index in [1.165, 1.54) is 0 Å². The highest BCUT2D eigenvalue weighted by molar-refractivity contribution is 6.00. The van der Waals surface area contributed by atoms with E-state index in [-0.39, 0.29) is 17.1 Å². The molecule has 1 atom stereocenters. The zero-order valence-corrected chi connectivity index (χ0v) is 10.4. The van der Waals surface area contributed by atoms with Crippen molar-refractivity contribution in [3.8, 4) is 0 Å². The maximum Gasteiger partial charge on any atom is 0.253 e. The second-order valence-corrected chi connectivity index (χ2v) is 4.75. The van der Waals surface area contributed by atoms with Crippen molar-refractivity contribution in [1.29, 1.82) is 0 Å². The summed E-state index contributed by atoms with van der Waals surface area (Å²) in [6, 6.07) is 0. The second kappa shape index (κ2) is 4.02. The van der Waals surface area contributed by atoms with Gasteiger partial charge in [0.15, 0.2) is 5.78 Å². The summed E-state index contributed by atoms with van der Waals surface area (Å²) in [4.78, 5) is 25.1. The summed E-state index contributed by atoms with van der Waals surface area (Å²) in [7, 11) is 3.35. The lowest BCUT2D eigenvalue weighted by molar-refractivity contribution is -0.123. The van der Waals surface area contributed by atoms with Crippen molar-refractivity contribution in [2.24, 2.45) is 5.41 Å². The first-order valence-corrected chi connectivity index (χ1v) is 5.73. The van der Waals surface area contributed by atoms with Gasteiger partial charge in [0.1, 0.15) is 5.76 Å². The quantitative estimate of drug-likeness (QED) is 0.508. The zero-order valence-electron chi connectivity index (χ0n) is 10.4. The molecule has 4 nitrogen and oxygen atoms in total. The largest absolute Gasteiger partial charge is 0.501 e. The molecule has 1 spiro atoms. The number of likely N-dealkylation sites (tertiary alicyclic amines) is 1. The van der Waals surface area contributed by atoms with Crippen LogP contribution in [0.3, 0.4) is 0 Å². The van der Waals surface area contributed by atoms with E-state index in [0.717, 1.165) is 0 Å². The van der Waals surface area contributed by atoms with Crippen molar-refractivity contribution in [3.63, 3.8) is 0 Å². The van der Waals surface area contributed by atoms with Gasteiger partial charge in [-0.1, -0.05) is 6.08 Å². The van der Waals surface area contributed by atoms with E-state index >= 15 is 0 Å². The third kappa shape index (κ3) is 1.77. The number of rotatable bonds is 1. The fourth-order valence-corrected chi connectivity index (χ4v) is 2.69. The second-order valence-electron chi connectivity index (χ2n) is 4.75. The molecule has 1 aliphatic carbocycles. The number of hydrogen-bond donors (Lipinski definition) is 0. The van der Waals surface area contributed by atoms with E-state index in [0.29, 0.717) is 30.7 Å². The summed E-state index contributed by atoms with van der Waals surface area (Å²) in [5.74, 6) is 0.786. The smallest absolute Gasteiger partial charge is 0.253 e. The number of ether oxygens (including phenoxy) is 1. The first kappa shape index (κ1) is 11.9. The number of carbonyl (C=O) groups excluding carboxylic acids is 2. The van der Waals surface area contributed by atoms with E-state index in [1.54, 1.807) is 32.1 Å². The fourth-order valence-electron chi connectivity index (χ4n) is 2.69. The molecule has 4 heteroatoms. The minimum absolute atomic E-state index is 0.00310. The Hall–Kier alpha value is -1.58. The summed E-state index contributed by atoms with van der Waals surface area (Å²) < 4.78 is 5.22. The van der Waals surface area contributed by atoms with Crippen LogP contribution in [-0.2, 0) is 14.3 Å². The van der Waals surface area contributed by atoms with Gasteiger partial charge < -0.3 is 9.64 Å². The Bertz CT molecular complexity index is 436. The molecule has 1 amide bonds. The summed E-state index contributed by atoms with van der Waals surface area (Å²) >= 11 is 0. The van der Waals surface area contributed by atoms with Crippen LogP contribution in [0.2, 0.25) is 0 Å². The highest BCUT2D eigenvalue weighted by Gasteiger charge is 2.47. The number of likely N-dealkylation sites (N-methyl/N-ethyl adjacent to an activating group) is 1. The van der Waals surface area contributed by atoms with E-state index in [2.05, 4.69) is 0 Å². The number of allylic oxidation sites excluding steroid dienone is 2. The van der Waals surface area contributed by atoms with Gasteiger partial charge in [0.2, 0.25) is 0 Å². The number of methoxy groups -OCH3 is 1. The molecule has 0 unspecified atom stereocenters. The first-order valence-electron chi connectivity index (χ1n) is 5.73. The van der Waals surface area contributed by atoms with E-state index in [4.69, 9.17) is 4.74 Å². The van der Waals surface area contributed by atoms with Gasteiger partial charge in [-0.05, 0) is 19.4 Å². The van der Waals surface area contributed by atoms with Gasteiger partial charge >= 0.3 is 0 Å². The number of amides is 1. The Balaban J connectivity index is 2.50. The molecule has 0 saturated carbocycles. The molecule has 17 heavy (non-hydrogen) atoms. The van der Waals surface area contributed by atoms with Crippen molar-refractivity contribution in [1.82, 2.24) is 4.90 Å². The average Bonchev–Trinajstić information content (AvgIpc) is 2.55. The maximum atomic E-state index is 12.1. The Morgan fingerprint density at radius 2 is 2.18 bits per heavy atom. The summed E-state index contributed by atoms with van der Waals surface area (Å²) in [6.45, 7) is 2.43. The topological polar surface area (TPSA) is 46.6 Å². The third-order valence-corrected chi connectivity index (χ3v) is 3.64. The Morgan fingerprint density at radius 3 is 2.71 bits per heavy atom. The highest BCUT2D eigenvalue weighted by Crippen LogP contribution is 2.44. The molecule has 92 valence electrons. The van der Waals surface area contributed by atoms with Crippen LogP contribution < -0.4 is 0 Å². The van der Waals surface area contributed by atoms with Crippen molar-refractivity contribution in [2.75, 3.05) is 20.7 Å². The van der Waals surface area contributed by atoms with Crippen molar-refractivity contribution < 1.29 is 14.3 Å². The molecule has 0 radical (unpaired) electrons. The molecule has 0 aromatic carbocycles. The molecule has 0 aromatic heterocycles. The van der Waals surface area contributed by atoms with E-state index in [9.17, 15) is 9.59 Å². The lowest BCUT2D eigenvalue weighted by Crippen LogP contribution is -2.28. The van der Waals surface area contributed by atoms with E-state index in [1.807, 2.05) is 6.08 Å². The van der Waals surface area contributed by atoms with Gasteiger partial charge in [-0.25, -0.2) is 0 Å². The predicted molar refractivity (Wildman–Crippen MR) is 63.2 cm³/mol. The zero-order chi connectivity index (χ0) is 12.6. The highest BCUT2D eigenvalue weighted by atomic mass is 16.5. The summed E-state index contributed by atoms with van der Waals surface area (Å²) in [5, 5.41) is 0. The summed E-state index contributed by atoms with van der Waals surface area (Å²) in [6.07, 6.45) is 4.66. The molecule has 2 rings (SSSR count). The van der Waals surface area contributed by atoms with Crippen LogP contribution in [0.1, 0.15) is 19.8 Å². The van der Waals surface area contributed by atoms with Crippen LogP contribution in [0, 0.1) is 5.41 Å². The maximum absolute atomic E-state index is 12.1. The van der Waals surface area contributed by atoms with Crippen molar-refractivity contribution in [2.45, 2.75) is 19.8 Å². The van der Waals surface area contributed by atoms with Crippen LogP contribution in [-0.4, -0.2) is 37.3 Å². The predicted octanol–water partition coefficient (Wildman–Crippen LogP) is 1.28. The van der Waals surface area contributed by atoms with Crippen molar-refractivity contribution >= 4 is 11.7 Å². The molecule has 1 aliphatic heterocycles. The van der Waals surface area contributed by atoms with Gasteiger partial charge in [-0.15, -0.1) is 0 Å². The third-order valence-electron chi connectivity index (χ3n) is 3.64. The molecule has 2 aliphatic rings. The average molecular weight is 235 g/mol. The van der Waals surface area contributed by atoms with Gasteiger partial charge in [0, 0.05) is 25.4 Å². The fraction of sp³-hybridized carbons (Fsp3) is 0.538. The Kier molecular flexibility index (Phi) is 2.81. The first-order chi connectivity index (χ1) is 8.00. The normalized spacial score (nSPS) is 31.4. The molecule has 0 aromatic rings. The van der Waals surface area contributed by atoms with Gasteiger partial charge in [0.25, 0.3) is 5.91 Å². The molecule has 1 heterocycles. The Morgan fingerprint density at radius 1 is 1.47 bits per heavy atom. The minimum Gasteiger partial charge on any atom is -0.501 e. The van der Waals surface area contributed by atoms with Crippen LogP contribution >= 0.6 is 0 Å². The van der Waals surface area contributed by atoms with Gasteiger partial charge in [-0.3, -0.25) is 9.59 Å². The standard InChI is InChI=1S/C13H17NO3/c1-9(17-3)11-12(16)14(2)8-13(11)6-4-10(15)5-7-13/h4,6H,5,7-8H2,1-3H3/b11-9-/t13-/m1/s1. The lowest BCUT2D eigenvalue weighted by Gasteiger charge is -2.28. The number of ketones is 1.